The highest BCUT2D eigenvalue weighted by atomic mass is 79.9. The smallest absolute Gasteiger partial charge is 0.0415 e. The molecule has 2 rings (SSSR count). The summed E-state index contributed by atoms with van der Waals surface area (Å²) in [6, 6.07) is 2.75. The molecule has 0 bridgehead atoms. The van der Waals surface area contributed by atoms with Gasteiger partial charge in [0.05, 0.1) is 0 Å². The van der Waals surface area contributed by atoms with Crippen molar-refractivity contribution in [3.8, 4) is 0 Å². The van der Waals surface area contributed by atoms with Crippen LogP contribution >= 0.6 is 27.3 Å². The first kappa shape index (κ1) is 11.6. The Morgan fingerprint density at radius 3 is 3.13 bits per heavy atom. The molecule has 2 heterocycles. The number of halogens is 1. The minimum atomic E-state index is 0.520. The van der Waals surface area contributed by atoms with Crippen molar-refractivity contribution in [3.05, 3.63) is 20.8 Å². The van der Waals surface area contributed by atoms with Crippen molar-refractivity contribution in [3.63, 3.8) is 0 Å². The molecule has 1 fully saturated rings. The fourth-order valence-electron chi connectivity index (χ4n) is 2.14. The van der Waals surface area contributed by atoms with E-state index < -0.39 is 0 Å². The summed E-state index contributed by atoms with van der Waals surface area (Å²) in [4.78, 5) is 1.44. The molecule has 0 aromatic carbocycles. The second-order valence-corrected chi connectivity index (χ2v) is 5.96. The predicted octanol–water partition coefficient (Wildman–Crippen LogP) is 2.77. The standard InChI is InChI=1S/C11H17BrN2S/c1-13-10(4-8-2-3-14-6-8)11-5-9(12)7-15-11/h5,7-8,10,13-14H,2-4,6H2,1H3. The number of rotatable bonds is 4. The van der Waals surface area contributed by atoms with Gasteiger partial charge < -0.3 is 10.6 Å². The van der Waals surface area contributed by atoms with E-state index >= 15 is 0 Å². The highest BCUT2D eigenvalue weighted by molar-refractivity contribution is 9.10. The van der Waals surface area contributed by atoms with E-state index in [1.54, 1.807) is 0 Å². The van der Waals surface area contributed by atoms with E-state index in [0.717, 1.165) is 5.92 Å². The molecule has 1 aromatic rings. The maximum absolute atomic E-state index is 3.51. The highest BCUT2D eigenvalue weighted by Crippen LogP contribution is 2.30. The van der Waals surface area contributed by atoms with Crippen molar-refractivity contribution in [2.24, 2.45) is 5.92 Å². The van der Waals surface area contributed by atoms with Crippen LogP contribution < -0.4 is 10.6 Å². The van der Waals surface area contributed by atoms with Crippen molar-refractivity contribution in [1.82, 2.24) is 10.6 Å². The van der Waals surface area contributed by atoms with E-state index in [9.17, 15) is 0 Å². The van der Waals surface area contributed by atoms with Gasteiger partial charge >= 0.3 is 0 Å². The Bertz CT molecular complexity index is 307. The lowest BCUT2D eigenvalue weighted by Gasteiger charge is -2.18. The van der Waals surface area contributed by atoms with Crippen molar-refractivity contribution in [2.75, 3.05) is 20.1 Å². The summed E-state index contributed by atoms with van der Waals surface area (Å²) in [5.41, 5.74) is 0. The zero-order valence-electron chi connectivity index (χ0n) is 8.92. The molecular weight excluding hydrogens is 272 g/mol. The van der Waals surface area contributed by atoms with Crippen LogP contribution in [0.3, 0.4) is 0 Å². The average molecular weight is 289 g/mol. The van der Waals surface area contributed by atoms with Crippen molar-refractivity contribution in [2.45, 2.75) is 18.9 Å². The summed E-state index contributed by atoms with van der Waals surface area (Å²) in [6.07, 6.45) is 2.57. The first-order chi connectivity index (χ1) is 7.29. The average Bonchev–Trinajstić information content (AvgIpc) is 2.85. The van der Waals surface area contributed by atoms with E-state index in [2.05, 4.69) is 45.1 Å². The summed E-state index contributed by atoms with van der Waals surface area (Å²) in [7, 11) is 2.06. The largest absolute Gasteiger partial charge is 0.316 e. The molecule has 84 valence electrons. The topological polar surface area (TPSA) is 24.1 Å². The third-order valence-electron chi connectivity index (χ3n) is 3.01. The maximum Gasteiger partial charge on any atom is 0.0415 e. The molecular formula is C11H17BrN2S. The van der Waals surface area contributed by atoms with Gasteiger partial charge in [0.1, 0.15) is 0 Å². The fourth-order valence-corrected chi connectivity index (χ4v) is 3.70. The van der Waals surface area contributed by atoms with E-state index in [4.69, 9.17) is 0 Å². The molecule has 0 spiro atoms. The Balaban J connectivity index is 1.97. The van der Waals surface area contributed by atoms with Crippen molar-refractivity contribution < 1.29 is 0 Å². The number of hydrogen-bond donors (Lipinski definition) is 2. The molecule has 2 nitrogen and oxygen atoms in total. The molecule has 0 aliphatic carbocycles. The van der Waals surface area contributed by atoms with Gasteiger partial charge in [0, 0.05) is 20.8 Å². The van der Waals surface area contributed by atoms with E-state index in [1.807, 2.05) is 11.3 Å². The number of hydrogen-bond acceptors (Lipinski definition) is 3. The van der Waals surface area contributed by atoms with Gasteiger partial charge in [0.25, 0.3) is 0 Å². The lowest BCUT2D eigenvalue weighted by atomic mass is 9.98. The predicted molar refractivity (Wildman–Crippen MR) is 69.4 cm³/mol. The normalized spacial score (nSPS) is 23.2. The summed E-state index contributed by atoms with van der Waals surface area (Å²) in [6.45, 7) is 2.37. The Kier molecular flexibility index (Phi) is 4.20. The Morgan fingerprint density at radius 1 is 1.73 bits per heavy atom. The molecule has 4 heteroatoms. The molecule has 0 radical (unpaired) electrons. The highest BCUT2D eigenvalue weighted by Gasteiger charge is 2.20. The summed E-state index contributed by atoms with van der Waals surface area (Å²) < 4.78 is 1.20. The molecule has 2 unspecified atom stereocenters. The lowest BCUT2D eigenvalue weighted by Crippen LogP contribution is -2.20. The quantitative estimate of drug-likeness (QED) is 0.890. The second kappa shape index (κ2) is 5.43. The van der Waals surface area contributed by atoms with Gasteiger partial charge in [-0.15, -0.1) is 11.3 Å². The van der Waals surface area contributed by atoms with Crippen LogP contribution in [0.25, 0.3) is 0 Å². The Hall–Kier alpha value is 0.1000. The Morgan fingerprint density at radius 2 is 2.60 bits per heavy atom. The van der Waals surface area contributed by atoms with Crippen LogP contribution in [0.1, 0.15) is 23.8 Å². The van der Waals surface area contributed by atoms with E-state index in [-0.39, 0.29) is 0 Å². The molecule has 1 saturated heterocycles. The summed E-state index contributed by atoms with van der Waals surface area (Å²) in [5.74, 6) is 0.836. The van der Waals surface area contributed by atoms with Crippen LogP contribution in [0, 0.1) is 5.92 Å². The Labute approximate surface area is 104 Å². The molecule has 15 heavy (non-hydrogen) atoms. The molecule has 0 saturated carbocycles. The molecule has 1 aromatic heterocycles. The minimum absolute atomic E-state index is 0.520. The van der Waals surface area contributed by atoms with Crippen LogP contribution in [0.15, 0.2) is 15.9 Å². The first-order valence-electron chi connectivity index (χ1n) is 5.41. The van der Waals surface area contributed by atoms with Gasteiger partial charge in [-0.3, -0.25) is 0 Å². The van der Waals surface area contributed by atoms with Crippen molar-refractivity contribution in [1.29, 1.82) is 0 Å². The van der Waals surface area contributed by atoms with Gasteiger partial charge in [-0.05, 0) is 60.9 Å². The zero-order chi connectivity index (χ0) is 10.7. The lowest BCUT2D eigenvalue weighted by molar-refractivity contribution is 0.435. The van der Waals surface area contributed by atoms with Crippen LogP contribution in [-0.4, -0.2) is 20.1 Å². The SMILES string of the molecule is CNC(CC1CCNC1)c1cc(Br)cs1. The van der Waals surface area contributed by atoms with Gasteiger partial charge in [-0.1, -0.05) is 0 Å². The third kappa shape index (κ3) is 3.03. The summed E-state index contributed by atoms with van der Waals surface area (Å²) in [5, 5.41) is 9.00. The minimum Gasteiger partial charge on any atom is -0.316 e. The fraction of sp³-hybridized carbons (Fsp3) is 0.636. The zero-order valence-corrected chi connectivity index (χ0v) is 11.3. The van der Waals surface area contributed by atoms with E-state index in [1.165, 1.54) is 35.3 Å². The molecule has 2 N–H and O–H groups in total. The molecule has 2 atom stereocenters. The van der Waals surface area contributed by atoms with Crippen LogP contribution in [0.5, 0.6) is 0 Å². The molecule has 1 aliphatic heterocycles. The third-order valence-corrected chi connectivity index (χ3v) is 4.82. The van der Waals surface area contributed by atoms with Crippen LogP contribution in [0.2, 0.25) is 0 Å². The van der Waals surface area contributed by atoms with E-state index in [0.29, 0.717) is 6.04 Å². The van der Waals surface area contributed by atoms with Crippen LogP contribution in [0.4, 0.5) is 0 Å². The second-order valence-electron chi connectivity index (χ2n) is 4.10. The molecule has 1 aliphatic rings. The number of thiophene rings is 1. The van der Waals surface area contributed by atoms with Gasteiger partial charge in [0.2, 0.25) is 0 Å². The van der Waals surface area contributed by atoms with Crippen LogP contribution in [-0.2, 0) is 0 Å². The van der Waals surface area contributed by atoms with Gasteiger partial charge in [0.15, 0.2) is 0 Å². The van der Waals surface area contributed by atoms with Crippen molar-refractivity contribution >= 4 is 27.3 Å². The molecule has 0 amide bonds. The number of nitrogens with one attached hydrogen (secondary N) is 2. The monoisotopic (exact) mass is 288 g/mol. The first-order valence-corrected chi connectivity index (χ1v) is 7.08. The maximum atomic E-state index is 3.51. The summed E-state index contributed by atoms with van der Waals surface area (Å²) >= 11 is 5.35. The van der Waals surface area contributed by atoms with Gasteiger partial charge in [-0.25, -0.2) is 0 Å². The van der Waals surface area contributed by atoms with Gasteiger partial charge in [-0.2, -0.15) is 0 Å².